The fourth-order valence-corrected chi connectivity index (χ4v) is 2.99. The molecule has 1 heterocycles. The molecule has 3 rings (SSSR count). The van der Waals surface area contributed by atoms with Gasteiger partial charge in [0.25, 0.3) is 11.6 Å². The van der Waals surface area contributed by atoms with Crippen molar-refractivity contribution in [2.45, 2.75) is 0 Å². The van der Waals surface area contributed by atoms with Crippen LogP contribution in [-0.2, 0) is 4.79 Å². The third-order valence-corrected chi connectivity index (χ3v) is 4.29. The summed E-state index contributed by atoms with van der Waals surface area (Å²) in [6, 6.07) is 13.1. The zero-order chi connectivity index (χ0) is 17.1. The second kappa shape index (κ2) is 6.86. The van der Waals surface area contributed by atoms with Crippen molar-refractivity contribution >= 4 is 51.9 Å². The number of nitro groups is 1. The summed E-state index contributed by atoms with van der Waals surface area (Å²) < 4.78 is 0. The first-order valence-electron chi connectivity index (χ1n) is 6.81. The highest BCUT2D eigenvalue weighted by Gasteiger charge is 2.25. The van der Waals surface area contributed by atoms with E-state index in [9.17, 15) is 14.9 Å². The third kappa shape index (κ3) is 3.64. The van der Waals surface area contributed by atoms with Crippen molar-refractivity contribution in [1.29, 1.82) is 0 Å². The number of nitrogens with one attached hydrogen (secondary N) is 1. The molecule has 1 aliphatic rings. The standard InChI is InChI=1S/C16H10ClN3O3S/c17-11-5-7-12(8-6-11)18-16-19-15(21)14(24-16)9-10-3-1-2-4-13(10)20(22)23/h1-9H,(H,18,19,21)/b14-9-. The van der Waals surface area contributed by atoms with E-state index in [2.05, 4.69) is 10.3 Å². The number of carbonyl (C=O) groups excluding carboxylic acids is 1. The molecule has 1 aliphatic heterocycles. The van der Waals surface area contributed by atoms with Crippen molar-refractivity contribution in [3.05, 3.63) is 74.1 Å². The van der Waals surface area contributed by atoms with Crippen LogP contribution in [0.1, 0.15) is 5.56 Å². The Kier molecular flexibility index (Phi) is 4.64. The highest BCUT2D eigenvalue weighted by Crippen LogP contribution is 2.30. The predicted molar refractivity (Wildman–Crippen MR) is 95.4 cm³/mol. The molecule has 0 aromatic heterocycles. The largest absolute Gasteiger partial charge is 0.300 e. The number of benzene rings is 2. The first-order valence-corrected chi connectivity index (χ1v) is 8.01. The van der Waals surface area contributed by atoms with Crippen LogP contribution in [0, 0.1) is 10.1 Å². The maximum Gasteiger partial charge on any atom is 0.276 e. The molecule has 1 fully saturated rings. The van der Waals surface area contributed by atoms with Crippen molar-refractivity contribution in [1.82, 2.24) is 5.32 Å². The van der Waals surface area contributed by atoms with Gasteiger partial charge in [0, 0.05) is 11.1 Å². The molecule has 1 saturated heterocycles. The number of nitrogens with zero attached hydrogens (tertiary/aromatic N) is 2. The quantitative estimate of drug-likeness (QED) is 0.507. The summed E-state index contributed by atoms with van der Waals surface area (Å²) in [6.45, 7) is 0. The Hall–Kier alpha value is -2.64. The Labute approximate surface area is 146 Å². The first-order chi connectivity index (χ1) is 11.5. The SMILES string of the molecule is O=C1NC(=Nc2ccc(Cl)cc2)S/C1=C\c1ccccc1[N+](=O)[O-]. The lowest BCUT2D eigenvalue weighted by Gasteiger charge is -1.97. The molecule has 120 valence electrons. The predicted octanol–water partition coefficient (Wildman–Crippen LogP) is 4.14. The molecular weight excluding hydrogens is 350 g/mol. The van der Waals surface area contributed by atoms with Crippen LogP contribution in [0.3, 0.4) is 0 Å². The number of aliphatic imine (C=N–C) groups is 1. The summed E-state index contributed by atoms with van der Waals surface area (Å²) in [5, 5.41) is 14.7. The molecular formula is C16H10ClN3O3S. The molecule has 0 saturated carbocycles. The maximum atomic E-state index is 12.0. The van der Waals surface area contributed by atoms with Crippen LogP contribution in [0.4, 0.5) is 11.4 Å². The van der Waals surface area contributed by atoms with Crippen molar-refractivity contribution in [2.75, 3.05) is 0 Å². The van der Waals surface area contributed by atoms with Gasteiger partial charge in [-0.1, -0.05) is 23.7 Å². The number of amides is 1. The number of para-hydroxylation sites is 1. The van der Waals surface area contributed by atoms with Crippen molar-refractivity contribution in [3.8, 4) is 0 Å². The van der Waals surface area contributed by atoms with Gasteiger partial charge in [-0.05, 0) is 48.2 Å². The Morgan fingerprint density at radius 1 is 1.17 bits per heavy atom. The fourth-order valence-electron chi connectivity index (χ4n) is 2.03. The number of carbonyl (C=O) groups is 1. The first kappa shape index (κ1) is 16.2. The number of thioether (sulfide) groups is 1. The summed E-state index contributed by atoms with van der Waals surface area (Å²) in [7, 11) is 0. The summed E-state index contributed by atoms with van der Waals surface area (Å²) >= 11 is 6.95. The maximum absolute atomic E-state index is 12.0. The van der Waals surface area contributed by atoms with Gasteiger partial charge in [0.1, 0.15) is 0 Å². The Balaban J connectivity index is 1.88. The van der Waals surface area contributed by atoms with Crippen LogP contribution in [0.25, 0.3) is 6.08 Å². The van der Waals surface area contributed by atoms with E-state index in [-0.39, 0.29) is 11.6 Å². The fraction of sp³-hybridized carbons (Fsp3) is 0. The number of hydrogen-bond donors (Lipinski definition) is 1. The number of rotatable bonds is 3. The summed E-state index contributed by atoms with van der Waals surface area (Å²) in [5.74, 6) is -0.342. The normalized spacial score (nSPS) is 17.3. The lowest BCUT2D eigenvalue weighted by atomic mass is 10.1. The Morgan fingerprint density at radius 2 is 1.88 bits per heavy atom. The summed E-state index contributed by atoms with van der Waals surface area (Å²) in [5.41, 5.74) is 0.962. The molecule has 0 radical (unpaired) electrons. The van der Waals surface area contributed by atoms with Crippen molar-refractivity contribution in [3.63, 3.8) is 0 Å². The van der Waals surface area contributed by atoms with Crippen LogP contribution >= 0.6 is 23.4 Å². The van der Waals surface area contributed by atoms with E-state index in [0.717, 1.165) is 11.8 Å². The van der Waals surface area contributed by atoms with E-state index in [1.807, 2.05) is 0 Å². The number of nitro benzene ring substituents is 1. The third-order valence-electron chi connectivity index (χ3n) is 3.13. The second-order valence-corrected chi connectivity index (χ2v) is 6.24. The van der Waals surface area contributed by atoms with Gasteiger partial charge in [0.2, 0.25) is 0 Å². The number of amidine groups is 1. The van der Waals surface area contributed by atoms with E-state index in [0.29, 0.717) is 26.3 Å². The Bertz CT molecular complexity index is 878. The molecule has 1 N–H and O–H groups in total. The van der Waals surface area contributed by atoms with E-state index in [1.54, 1.807) is 42.5 Å². The zero-order valence-corrected chi connectivity index (χ0v) is 13.7. The van der Waals surface area contributed by atoms with Gasteiger partial charge in [-0.3, -0.25) is 14.9 Å². The van der Waals surface area contributed by atoms with Crippen LogP contribution in [0.15, 0.2) is 58.4 Å². The molecule has 6 nitrogen and oxygen atoms in total. The van der Waals surface area contributed by atoms with Crippen LogP contribution < -0.4 is 5.32 Å². The van der Waals surface area contributed by atoms with Gasteiger partial charge >= 0.3 is 0 Å². The molecule has 8 heteroatoms. The smallest absolute Gasteiger partial charge is 0.276 e. The Morgan fingerprint density at radius 3 is 2.58 bits per heavy atom. The molecule has 0 aliphatic carbocycles. The van der Waals surface area contributed by atoms with E-state index in [4.69, 9.17) is 11.6 Å². The number of hydrogen-bond acceptors (Lipinski definition) is 5. The van der Waals surface area contributed by atoms with Gasteiger partial charge in [0.05, 0.1) is 21.1 Å². The van der Waals surface area contributed by atoms with Crippen LogP contribution in [0.5, 0.6) is 0 Å². The van der Waals surface area contributed by atoms with Gasteiger partial charge in [-0.15, -0.1) is 0 Å². The highest BCUT2D eigenvalue weighted by atomic mass is 35.5. The lowest BCUT2D eigenvalue weighted by molar-refractivity contribution is -0.385. The molecule has 0 bridgehead atoms. The van der Waals surface area contributed by atoms with E-state index < -0.39 is 4.92 Å². The van der Waals surface area contributed by atoms with Gasteiger partial charge < -0.3 is 5.32 Å². The van der Waals surface area contributed by atoms with E-state index >= 15 is 0 Å². The molecule has 2 aromatic carbocycles. The van der Waals surface area contributed by atoms with Gasteiger partial charge in [0.15, 0.2) is 5.17 Å². The summed E-state index contributed by atoms with van der Waals surface area (Å²) in [6.07, 6.45) is 1.49. The van der Waals surface area contributed by atoms with Crippen LogP contribution in [0.2, 0.25) is 5.02 Å². The van der Waals surface area contributed by atoms with Crippen molar-refractivity contribution < 1.29 is 9.72 Å². The minimum absolute atomic E-state index is 0.0542. The van der Waals surface area contributed by atoms with Crippen molar-refractivity contribution in [2.24, 2.45) is 4.99 Å². The van der Waals surface area contributed by atoms with Gasteiger partial charge in [-0.25, -0.2) is 4.99 Å². The molecule has 2 aromatic rings. The molecule has 1 amide bonds. The summed E-state index contributed by atoms with van der Waals surface area (Å²) in [4.78, 5) is 27.3. The van der Waals surface area contributed by atoms with E-state index in [1.165, 1.54) is 12.1 Å². The minimum atomic E-state index is -0.480. The highest BCUT2D eigenvalue weighted by molar-refractivity contribution is 8.18. The topological polar surface area (TPSA) is 84.6 Å². The zero-order valence-electron chi connectivity index (χ0n) is 12.1. The monoisotopic (exact) mass is 359 g/mol. The lowest BCUT2D eigenvalue weighted by Crippen LogP contribution is -2.19. The average Bonchev–Trinajstić information content (AvgIpc) is 2.89. The molecule has 0 spiro atoms. The minimum Gasteiger partial charge on any atom is -0.300 e. The molecule has 0 atom stereocenters. The molecule has 0 unspecified atom stereocenters. The number of halogens is 1. The molecule has 24 heavy (non-hydrogen) atoms. The average molecular weight is 360 g/mol. The second-order valence-electron chi connectivity index (χ2n) is 4.77. The van der Waals surface area contributed by atoms with Gasteiger partial charge in [-0.2, -0.15) is 0 Å². The van der Waals surface area contributed by atoms with Crippen LogP contribution in [-0.4, -0.2) is 16.0 Å².